The van der Waals surface area contributed by atoms with Gasteiger partial charge in [-0.1, -0.05) is 24.3 Å². The lowest BCUT2D eigenvalue weighted by Gasteiger charge is -2.15. The Balaban J connectivity index is 1.34. The van der Waals surface area contributed by atoms with E-state index in [-0.39, 0.29) is 29.4 Å². The van der Waals surface area contributed by atoms with E-state index in [4.69, 9.17) is 13.9 Å². The summed E-state index contributed by atoms with van der Waals surface area (Å²) in [5, 5.41) is 2.23. The van der Waals surface area contributed by atoms with Crippen molar-refractivity contribution in [1.29, 1.82) is 0 Å². The normalized spacial score (nSPS) is 11.9. The van der Waals surface area contributed by atoms with Crippen LogP contribution in [0.25, 0.3) is 21.5 Å². The predicted molar refractivity (Wildman–Crippen MR) is 129 cm³/mol. The van der Waals surface area contributed by atoms with Crippen LogP contribution in [0.4, 0.5) is 4.39 Å². The first-order valence-electron chi connectivity index (χ1n) is 10.7. The lowest BCUT2D eigenvalue weighted by atomic mass is 10.2. The third-order valence-electron chi connectivity index (χ3n) is 5.33. The first-order chi connectivity index (χ1) is 17.0. The van der Waals surface area contributed by atoms with Crippen LogP contribution in [0, 0.1) is 5.82 Å². The number of nitrogens with one attached hydrogen (secondary N) is 1. The van der Waals surface area contributed by atoms with Gasteiger partial charge < -0.3 is 18.9 Å². The number of H-pyrrole nitrogens is 1. The van der Waals surface area contributed by atoms with E-state index < -0.39 is 12.1 Å². The molecule has 0 saturated heterocycles. The van der Waals surface area contributed by atoms with Gasteiger partial charge in [-0.25, -0.2) is 14.2 Å². The number of fused-ring (bicyclic) bond motifs is 1. The molecular weight excluding hydrogens is 471 g/mol. The van der Waals surface area contributed by atoms with E-state index >= 15 is 0 Å². The molecule has 35 heavy (non-hydrogen) atoms. The first-order valence-corrected chi connectivity index (χ1v) is 11.6. The lowest BCUT2D eigenvalue weighted by molar-refractivity contribution is 0.0315. The van der Waals surface area contributed by atoms with E-state index in [1.54, 1.807) is 60.8 Å². The highest BCUT2D eigenvalue weighted by atomic mass is 32.1. The van der Waals surface area contributed by atoms with E-state index in [9.17, 15) is 14.0 Å². The molecule has 0 saturated carbocycles. The third kappa shape index (κ3) is 4.71. The van der Waals surface area contributed by atoms with Crippen molar-refractivity contribution in [3.63, 3.8) is 0 Å². The number of esters is 1. The molecule has 1 atom stereocenters. The van der Waals surface area contributed by atoms with Crippen LogP contribution in [0.15, 0.2) is 81.5 Å². The Labute approximate surface area is 202 Å². The molecule has 0 aliphatic heterocycles. The molecule has 0 bridgehead atoms. The monoisotopic (exact) mass is 490 g/mol. The van der Waals surface area contributed by atoms with Gasteiger partial charge in [-0.2, -0.15) is 0 Å². The molecule has 2 aromatic carbocycles. The largest absolute Gasteiger partial charge is 0.488 e. The van der Waals surface area contributed by atoms with E-state index in [2.05, 4.69) is 9.97 Å². The number of para-hydroxylation sites is 1. The predicted octanol–water partition coefficient (Wildman–Crippen LogP) is 5.88. The van der Waals surface area contributed by atoms with Crippen molar-refractivity contribution in [1.82, 2.24) is 9.97 Å². The Hall–Kier alpha value is -4.24. The Bertz CT molecular complexity index is 1540. The topological polar surface area (TPSA) is 94.4 Å². The van der Waals surface area contributed by atoms with Crippen LogP contribution in [-0.2, 0) is 11.3 Å². The number of rotatable bonds is 7. The highest BCUT2D eigenvalue weighted by Gasteiger charge is 2.21. The average molecular weight is 491 g/mol. The number of nitrogens with zero attached hydrogens (tertiary/aromatic N) is 1. The fourth-order valence-corrected chi connectivity index (χ4v) is 4.49. The molecule has 7 nitrogen and oxygen atoms in total. The van der Waals surface area contributed by atoms with E-state index in [1.807, 2.05) is 0 Å². The van der Waals surface area contributed by atoms with Gasteiger partial charge in [0.25, 0.3) is 5.56 Å². The van der Waals surface area contributed by atoms with E-state index in [1.165, 1.54) is 29.7 Å². The maximum absolute atomic E-state index is 13.1. The number of aromatic nitrogens is 2. The van der Waals surface area contributed by atoms with Crippen molar-refractivity contribution < 1.29 is 23.1 Å². The summed E-state index contributed by atoms with van der Waals surface area (Å²) in [6.07, 6.45) is 0.719. The van der Waals surface area contributed by atoms with Gasteiger partial charge in [0.05, 0.1) is 11.6 Å². The van der Waals surface area contributed by atoms with Gasteiger partial charge in [0, 0.05) is 10.9 Å². The standard InChI is InChI=1S/C26H19FN2O5S/c1-15(23-28-24(30)22-19(14-35-25(22)29-23)21-7-4-12-32-21)34-26(31)18-5-2-3-6-20(18)33-13-16-8-10-17(27)11-9-16/h2-12,14-15H,13H2,1H3,(H,28,29,30). The molecule has 3 aromatic heterocycles. The fourth-order valence-electron chi connectivity index (χ4n) is 3.55. The molecule has 1 N–H and O–H groups in total. The Morgan fingerprint density at radius 2 is 1.94 bits per heavy atom. The molecule has 9 heteroatoms. The number of aromatic amines is 1. The molecule has 0 aliphatic rings. The summed E-state index contributed by atoms with van der Waals surface area (Å²) < 4.78 is 29.9. The number of thiophene rings is 1. The lowest BCUT2D eigenvalue weighted by Crippen LogP contribution is -2.17. The quantitative estimate of drug-likeness (QED) is 0.286. The number of halogens is 1. The van der Waals surface area contributed by atoms with Crippen LogP contribution in [0.1, 0.15) is 34.8 Å². The van der Waals surface area contributed by atoms with Crippen molar-refractivity contribution in [2.45, 2.75) is 19.6 Å². The Kier molecular flexibility index (Phi) is 6.15. The van der Waals surface area contributed by atoms with Crippen LogP contribution in [0.3, 0.4) is 0 Å². The number of carbonyl (C=O) groups is 1. The van der Waals surface area contributed by atoms with Crippen molar-refractivity contribution in [3.05, 3.63) is 105 Å². The fraction of sp³-hybridized carbons (Fsp3) is 0.115. The van der Waals surface area contributed by atoms with Crippen LogP contribution < -0.4 is 10.3 Å². The molecule has 0 spiro atoms. The van der Waals surface area contributed by atoms with Gasteiger partial charge in [0.1, 0.15) is 34.3 Å². The van der Waals surface area contributed by atoms with Gasteiger partial charge in [0.15, 0.2) is 11.9 Å². The number of benzene rings is 2. The minimum atomic E-state index is -0.820. The second-order valence-corrected chi connectivity index (χ2v) is 8.57. The maximum atomic E-state index is 13.1. The molecule has 5 aromatic rings. The smallest absolute Gasteiger partial charge is 0.342 e. The second kappa shape index (κ2) is 9.55. The number of furan rings is 1. The minimum absolute atomic E-state index is 0.155. The zero-order valence-corrected chi connectivity index (χ0v) is 19.3. The van der Waals surface area contributed by atoms with E-state index in [0.29, 0.717) is 27.3 Å². The van der Waals surface area contributed by atoms with Crippen molar-refractivity contribution >= 4 is 27.5 Å². The Morgan fingerprint density at radius 1 is 1.14 bits per heavy atom. The van der Waals surface area contributed by atoms with Gasteiger partial charge in [-0.05, 0) is 48.9 Å². The third-order valence-corrected chi connectivity index (χ3v) is 6.20. The molecule has 0 amide bonds. The SMILES string of the molecule is CC(OC(=O)c1ccccc1OCc1ccc(F)cc1)c1nc2scc(-c3ccco3)c2c(=O)[nH]1. The summed E-state index contributed by atoms with van der Waals surface area (Å²) in [7, 11) is 0. The second-order valence-electron chi connectivity index (χ2n) is 7.72. The molecule has 0 radical (unpaired) electrons. The molecular formula is C26H19FN2O5S. The molecule has 176 valence electrons. The zero-order valence-electron chi connectivity index (χ0n) is 18.5. The summed E-state index contributed by atoms with van der Waals surface area (Å²) >= 11 is 1.31. The van der Waals surface area contributed by atoms with Gasteiger partial charge in [-0.15, -0.1) is 11.3 Å². The van der Waals surface area contributed by atoms with Gasteiger partial charge in [0.2, 0.25) is 0 Å². The Morgan fingerprint density at radius 3 is 2.71 bits per heavy atom. The zero-order chi connectivity index (χ0) is 24.4. The molecule has 3 heterocycles. The number of ether oxygens (including phenoxy) is 2. The molecule has 1 unspecified atom stereocenters. The molecule has 0 aliphatic carbocycles. The maximum Gasteiger partial charge on any atom is 0.342 e. The summed E-state index contributed by atoms with van der Waals surface area (Å²) in [6, 6.07) is 16.1. The highest BCUT2D eigenvalue weighted by Crippen LogP contribution is 2.32. The van der Waals surface area contributed by atoms with Crippen LogP contribution >= 0.6 is 11.3 Å². The van der Waals surface area contributed by atoms with Crippen molar-refractivity contribution in [2.24, 2.45) is 0 Å². The number of carbonyl (C=O) groups excluding carboxylic acids is 1. The first kappa shape index (κ1) is 22.5. The van der Waals surface area contributed by atoms with Crippen molar-refractivity contribution in [2.75, 3.05) is 0 Å². The summed E-state index contributed by atoms with van der Waals surface area (Å²) in [6.45, 7) is 1.78. The van der Waals surface area contributed by atoms with Crippen molar-refractivity contribution in [3.8, 4) is 17.1 Å². The van der Waals surface area contributed by atoms with Crippen LogP contribution in [0.2, 0.25) is 0 Å². The molecule has 5 rings (SSSR count). The summed E-state index contributed by atoms with van der Waals surface area (Å²) in [5.41, 5.74) is 1.29. The molecule has 0 fully saturated rings. The van der Waals surface area contributed by atoms with Gasteiger partial charge >= 0.3 is 5.97 Å². The van der Waals surface area contributed by atoms with Gasteiger partial charge in [-0.3, -0.25) is 4.79 Å². The minimum Gasteiger partial charge on any atom is -0.488 e. The summed E-state index contributed by atoms with van der Waals surface area (Å²) in [5.74, 6) is 0.169. The average Bonchev–Trinajstić information content (AvgIpc) is 3.54. The number of hydrogen-bond acceptors (Lipinski definition) is 7. The van der Waals surface area contributed by atoms with E-state index in [0.717, 1.165) is 5.56 Å². The number of hydrogen-bond donors (Lipinski definition) is 1. The van der Waals surface area contributed by atoms with Crippen LogP contribution in [-0.4, -0.2) is 15.9 Å². The summed E-state index contributed by atoms with van der Waals surface area (Å²) in [4.78, 5) is 33.5. The van der Waals surface area contributed by atoms with Crippen LogP contribution in [0.5, 0.6) is 5.75 Å². The highest BCUT2D eigenvalue weighted by molar-refractivity contribution is 7.17.